The molecule has 0 bridgehead atoms. The van der Waals surface area contributed by atoms with Gasteiger partial charge in [0.25, 0.3) is 5.56 Å². The number of esters is 1. The Hall–Kier alpha value is -2.65. The van der Waals surface area contributed by atoms with Crippen molar-refractivity contribution in [3.63, 3.8) is 0 Å². The average Bonchev–Trinajstić information content (AvgIpc) is 2.91. The van der Waals surface area contributed by atoms with Gasteiger partial charge in [0, 0.05) is 6.07 Å². The van der Waals surface area contributed by atoms with E-state index in [4.69, 9.17) is 12.2 Å². The van der Waals surface area contributed by atoms with Gasteiger partial charge in [0.15, 0.2) is 15.4 Å². The molecule has 0 saturated carbocycles. The molecule has 3 aromatic heterocycles. The number of nitrogens with zero attached hydrogens (tertiary/aromatic N) is 4. The number of hydrogen-bond donors (Lipinski definition) is 0. The van der Waals surface area contributed by atoms with Crippen LogP contribution in [0.15, 0.2) is 35.1 Å². The third kappa shape index (κ3) is 1.97. The first-order valence-corrected chi connectivity index (χ1v) is 7.75. The largest absolute Gasteiger partial charge is 0.464 e. The molecule has 1 aromatic carbocycles. The minimum atomic E-state index is -0.693. The summed E-state index contributed by atoms with van der Waals surface area (Å²) in [7, 11) is 1.23. The summed E-state index contributed by atoms with van der Waals surface area (Å²) in [6, 6.07) is 8.76. The molecule has 0 aliphatic carbocycles. The third-order valence-corrected chi connectivity index (χ3v) is 4.76. The summed E-state index contributed by atoms with van der Waals surface area (Å²) in [6.45, 7) is 0. The maximum Gasteiger partial charge on any atom is 0.357 e. The Morgan fingerprint density at radius 1 is 1.26 bits per heavy atom. The fraction of sp³-hybridized carbons (Fsp3) is 0.0714. The maximum atomic E-state index is 12.3. The van der Waals surface area contributed by atoms with Crippen molar-refractivity contribution < 1.29 is 9.53 Å². The molecule has 0 aliphatic heterocycles. The predicted octanol–water partition coefficient (Wildman–Crippen LogP) is 2.07. The van der Waals surface area contributed by atoms with Crippen LogP contribution in [-0.2, 0) is 4.74 Å². The van der Waals surface area contributed by atoms with Crippen molar-refractivity contribution in [2.24, 2.45) is 0 Å². The van der Waals surface area contributed by atoms with E-state index in [0.29, 0.717) is 4.96 Å². The highest BCUT2D eigenvalue weighted by Crippen LogP contribution is 2.25. The number of ether oxygens (including phenoxy) is 1. The molecule has 9 heteroatoms. The van der Waals surface area contributed by atoms with Gasteiger partial charge >= 0.3 is 5.97 Å². The lowest BCUT2D eigenvalue weighted by Gasteiger charge is -2.04. The second kappa shape index (κ2) is 4.93. The Labute approximate surface area is 137 Å². The van der Waals surface area contributed by atoms with Crippen LogP contribution in [0.5, 0.6) is 0 Å². The van der Waals surface area contributed by atoms with Gasteiger partial charge in [-0.1, -0.05) is 23.5 Å². The van der Waals surface area contributed by atoms with Crippen LogP contribution in [0, 0.1) is 4.77 Å². The number of para-hydroxylation sites is 1. The molecule has 0 N–H and O–H groups in total. The minimum absolute atomic E-state index is 0.0782. The van der Waals surface area contributed by atoms with Crippen LogP contribution in [0.1, 0.15) is 10.5 Å². The number of thiazole rings is 1. The lowest BCUT2D eigenvalue weighted by Crippen LogP contribution is -2.21. The Kier molecular flexibility index (Phi) is 3.00. The second-order valence-electron chi connectivity index (χ2n) is 4.69. The SMILES string of the molecule is COC(=O)c1cc(=O)n2c(=S)n3c(nc2n1)sc1ccccc13. The first-order chi connectivity index (χ1) is 11.1. The molecule has 114 valence electrons. The van der Waals surface area contributed by atoms with Crippen molar-refractivity contribution in [3.8, 4) is 0 Å². The molecule has 0 radical (unpaired) electrons. The van der Waals surface area contributed by atoms with E-state index in [1.807, 2.05) is 24.3 Å². The Morgan fingerprint density at radius 2 is 2.04 bits per heavy atom. The number of aromatic nitrogens is 4. The highest BCUT2D eigenvalue weighted by Gasteiger charge is 2.15. The van der Waals surface area contributed by atoms with Crippen molar-refractivity contribution in [2.45, 2.75) is 0 Å². The molecule has 0 amide bonds. The van der Waals surface area contributed by atoms with Crippen LogP contribution in [0.3, 0.4) is 0 Å². The highest BCUT2D eigenvalue weighted by molar-refractivity contribution is 7.71. The predicted molar refractivity (Wildman–Crippen MR) is 87.8 cm³/mol. The van der Waals surface area contributed by atoms with Crippen LogP contribution in [0.4, 0.5) is 0 Å². The van der Waals surface area contributed by atoms with Crippen molar-refractivity contribution in [3.05, 3.63) is 51.2 Å². The van der Waals surface area contributed by atoms with Crippen LogP contribution >= 0.6 is 23.6 Å². The molecule has 4 aromatic rings. The smallest absolute Gasteiger partial charge is 0.357 e. The number of hydrogen-bond acceptors (Lipinski definition) is 7. The minimum Gasteiger partial charge on any atom is -0.464 e. The van der Waals surface area contributed by atoms with Gasteiger partial charge in [0.2, 0.25) is 5.78 Å². The van der Waals surface area contributed by atoms with Gasteiger partial charge in [0.05, 0.1) is 17.3 Å². The summed E-state index contributed by atoms with van der Waals surface area (Å²) in [5, 5.41) is 0. The number of rotatable bonds is 1. The number of carbonyl (C=O) groups is 1. The van der Waals surface area contributed by atoms with Gasteiger partial charge in [-0.2, -0.15) is 4.98 Å². The first-order valence-electron chi connectivity index (χ1n) is 6.52. The Balaban J connectivity index is 2.21. The number of methoxy groups -OCH3 is 1. The molecule has 0 aliphatic rings. The van der Waals surface area contributed by atoms with Crippen LogP contribution in [0.25, 0.3) is 21.0 Å². The third-order valence-electron chi connectivity index (χ3n) is 3.37. The number of benzene rings is 1. The van der Waals surface area contributed by atoms with Crippen molar-refractivity contribution in [1.29, 1.82) is 0 Å². The van der Waals surface area contributed by atoms with E-state index in [9.17, 15) is 9.59 Å². The summed E-state index contributed by atoms with van der Waals surface area (Å²) in [5.41, 5.74) is 0.304. The van der Waals surface area contributed by atoms with E-state index in [2.05, 4.69) is 14.7 Å². The van der Waals surface area contributed by atoms with Gasteiger partial charge in [0.1, 0.15) is 0 Å². The summed E-state index contributed by atoms with van der Waals surface area (Å²) in [4.78, 5) is 33.0. The van der Waals surface area contributed by atoms with E-state index in [-0.39, 0.29) is 16.2 Å². The topological polar surface area (TPSA) is 78.0 Å². The van der Waals surface area contributed by atoms with Gasteiger partial charge in [-0.05, 0) is 24.4 Å². The molecule has 0 spiro atoms. The normalized spacial score (nSPS) is 11.3. The fourth-order valence-electron chi connectivity index (χ4n) is 2.35. The van der Waals surface area contributed by atoms with Gasteiger partial charge in [-0.15, -0.1) is 0 Å². The Bertz CT molecular complexity index is 1220. The Morgan fingerprint density at radius 3 is 2.83 bits per heavy atom. The molecule has 0 saturated heterocycles. The monoisotopic (exact) mass is 344 g/mol. The van der Waals surface area contributed by atoms with E-state index >= 15 is 0 Å². The molecule has 0 atom stereocenters. The van der Waals surface area contributed by atoms with Crippen molar-refractivity contribution in [1.82, 2.24) is 18.8 Å². The number of fused-ring (bicyclic) bond motifs is 4. The molecule has 23 heavy (non-hydrogen) atoms. The van der Waals surface area contributed by atoms with Crippen molar-refractivity contribution >= 4 is 50.5 Å². The fourth-order valence-corrected chi connectivity index (χ4v) is 3.78. The van der Waals surface area contributed by atoms with E-state index in [0.717, 1.165) is 16.3 Å². The zero-order valence-electron chi connectivity index (χ0n) is 11.7. The summed E-state index contributed by atoms with van der Waals surface area (Å²) in [5.74, 6) is -0.615. The van der Waals surface area contributed by atoms with Crippen LogP contribution < -0.4 is 5.56 Å². The highest BCUT2D eigenvalue weighted by atomic mass is 32.1. The quantitative estimate of drug-likeness (QED) is 0.389. The summed E-state index contributed by atoms with van der Waals surface area (Å²) < 4.78 is 8.78. The zero-order valence-corrected chi connectivity index (χ0v) is 13.3. The molecule has 0 unspecified atom stereocenters. The first kappa shape index (κ1) is 14.0. The van der Waals surface area contributed by atoms with Gasteiger partial charge in [-0.25, -0.2) is 14.2 Å². The second-order valence-corrected chi connectivity index (χ2v) is 6.06. The van der Waals surface area contributed by atoms with Gasteiger partial charge in [-0.3, -0.25) is 9.20 Å². The van der Waals surface area contributed by atoms with Crippen LogP contribution in [0.2, 0.25) is 0 Å². The molecule has 4 rings (SSSR count). The molecule has 7 nitrogen and oxygen atoms in total. The lowest BCUT2D eigenvalue weighted by molar-refractivity contribution is 0.0594. The molecular formula is C14H8N4O3S2. The molecule has 3 heterocycles. The summed E-state index contributed by atoms with van der Waals surface area (Å²) in [6.07, 6.45) is 0. The van der Waals surface area contributed by atoms with E-state index < -0.39 is 11.5 Å². The van der Waals surface area contributed by atoms with E-state index in [1.165, 1.54) is 22.8 Å². The standard InChI is InChI=1S/C14H8N4O3S2/c1-21-11(20)7-6-10(19)18-12(15-7)16-13-17(14(18)22)8-4-2-3-5-9(8)23-13/h2-6H,1H3. The summed E-state index contributed by atoms with van der Waals surface area (Å²) >= 11 is 6.87. The van der Waals surface area contributed by atoms with Crippen molar-refractivity contribution in [2.75, 3.05) is 7.11 Å². The maximum absolute atomic E-state index is 12.3. The average molecular weight is 344 g/mol. The van der Waals surface area contributed by atoms with Crippen LogP contribution in [-0.4, -0.2) is 31.8 Å². The molecular weight excluding hydrogens is 336 g/mol. The van der Waals surface area contributed by atoms with E-state index in [1.54, 1.807) is 4.40 Å². The molecule has 0 fully saturated rings. The zero-order chi connectivity index (χ0) is 16.1. The number of carbonyl (C=O) groups excluding carboxylic acids is 1. The van der Waals surface area contributed by atoms with Gasteiger partial charge < -0.3 is 4.74 Å². The lowest BCUT2D eigenvalue weighted by atomic mass is 10.3.